The minimum Gasteiger partial charge on any atom is -0.495 e. The van der Waals surface area contributed by atoms with Crippen molar-refractivity contribution in [1.82, 2.24) is 9.97 Å². The van der Waals surface area contributed by atoms with Crippen LogP contribution in [0.25, 0.3) is 10.2 Å². The second kappa shape index (κ2) is 10.0. The first-order valence-electron chi connectivity index (χ1n) is 10.8. The van der Waals surface area contributed by atoms with Crippen molar-refractivity contribution in [3.8, 4) is 11.5 Å². The number of benzene rings is 2. The first-order chi connectivity index (χ1) is 16.8. The van der Waals surface area contributed by atoms with Gasteiger partial charge in [0.2, 0.25) is 0 Å². The zero-order valence-electron chi connectivity index (χ0n) is 19.8. The van der Waals surface area contributed by atoms with Gasteiger partial charge in [-0.05, 0) is 61.9 Å². The van der Waals surface area contributed by atoms with E-state index in [1.165, 1.54) is 28.4 Å². The van der Waals surface area contributed by atoms with Crippen LogP contribution in [0.15, 0.2) is 65.8 Å². The lowest BCUT2D eigenvalue weighted by atomic mass is 10.2. The second-order valence-corrected chi connectivity index (χ2v) is 11.5. The molecule has 0 saturated carbocycles. The van der Waals surface area contributed by atoms with Crippen LogP contribution < -0.4 is 14.4 Å². The van der Waals surface area contributed by atoms with Crippen LogP contribution in [0.3, 0.4) is 0 Å². The Morgan fingerprint density at radius 3 is 2.37 bits per heavy atom. The zero-order valence-corrected chi connectivity index (χ0v) is 21.4. The van der Waals surface area contributed by atoms with Gasteiger partial charge in [0.05, 0.1) is 30.9 Å². The van der Waals surface area contributed by atoms with Crippen LogP contribution in [0.2, 0.25) is 0 Å². The Kier molecular flexibility index (Phi) is 7.04. The van der Waals surface area contributed by atoms with Gasteiger partial charge in [-0.2, -0.15) is 0 Å². The number of hydrogen-bond donors (Lipinski definition) is 0. The predicted octanol–water partition coefficient (Wildman–Crippen LogP) is 4.74. The number of fused-ring (bicyclic) bond motifs is 1. The summed E-state index contributed by atoms with van der Waals surface area (Å²) in [6.45, 7) is 3.44. The van der Waals surface area contributed by atoms with Crippen molar-refractivity contribution in [2.75, 3.05) is 19.1 Å². The van der Waals surface area contributed by atoms with E-state index in [-0.39, 0.29) is 22.9 Å². The van der Waals surface area contributed by atoms with E-state index >= 15 is 0 Å². The Morgan fingerprint density at radius 2 is 1.71 bits per heavy atom. The number of methoxy groups -OCH3 is 2. The third-order valence-electron chi connectivity index (χ3n) is 5.50. The van der Waals surface area contributed by atoms with E-state index in [4.69, 9.17) is 14.5 Å². The van der Waals surface area contributed by atoms with Gasteiger partial charge in [-0.3, -0.25) is 14.7 Å². The first-order valence-corrected chi connectivity index (χ1v) is 13.2. The first kappa shape index (κ1) is 24.6. The van der Waals surface area contributed by atoms with Gasteiger partial charge in [0.25, 0.3) is 5.91 Å². The molecule has 4 aromatic rings. The number of amides is 1. The summed E-state index contributed by atoms with van der Waals surface area (Å²) < 4.78 is 37.2. The smallest absolute Gasteiger partial charge is 0.260 e. The van der Waals surface area contributed by atoms with Gasteiger partial charge >= 0.3 is 0 Å². The molecule has 0 spiro atoms. The summed E-state index contributed by atoms with van der Waals surface area (Å²) in [7, 11) is -0.419. The average Bonchev–Trinajstić information content (AvgIpc) is 3.32. The predicted molar refractivity (Wildman–Crippen MR) is 136 cm³/mol. The maximum absolute atomic E-state index is 13.8. The number of ether oxygens (including phenoxy) is 2. The minimum absolute atomic E-state index is 0.106. The molecule has 2 heterocycles. The van der Waals surface area contributed by atoms with Gasteiger partial charge in [0, 0.05) is 18.0 Å². The number of aromatic nitrogens is 2. The van der Waals surface area contributed by atoms with Crippen LogP contribution in [0.1, 0.15) is 29.8 Å². The monoisotopic (exact) mass is 511 g/mol. The molecule has 2 aromatic carbocycles. The highest BCUT2D eigenvalue weighted by molar-refractivity contribution is 7.92. The fraction of sp³-hybridized carbons (Fsp3) is 0.240. The fourth-order valence-corrected chi connectivity index (χ4v) is 5.70. The molecule has 35 heavy (non-hydrogen) atoms. The van der Waals surface area contributed by atoms with Gasteiger partial charge in [-0.25, -0.2) is 13.4 Å². The minimum atomic E-state index is -3.55. The molecular formula is C25H25N3O5S2. The number of anilines is 1. The van der Waals surface area contributed by atoms with E-state index < -0.39 is 15.1 Å². The Hall–Kier alpha value is -3.50. The van der Waals surface area contributed by atoms with Crippen LogP contribution in [0, 0.1) is 0 Å². The van der Waals surface area contributed by atoms with Crippen molar-refractivity contribution < 1.29 is 22.7 Å². The molecule has 0 aliphatic rings. The maximum atomic E-state index is 13.8. The number of hydrogen-bond acceptors (Lipinski definition) is 8. The highest BCUT2D eigenvalue weighted by Gasteiger charge is 2.26. The van der Waals surface area contributed by atoms with E-state index in [1.807, 2.05) is 12.1 Å². The van der Waals surface area contributed by atoms with Gasteiger partial charge < -0.3 is 9.47 Å². The maximum Gasteiger partial charge on any atom is 0.260 e. The molecule has 0 saturated heterocycles. The topological polar surface area (TPSA) is 98.7 Å². The molecule has 0 radical (unpaired) electrons. The van der Waals surface area contributed by atoms with Crippen molar-refractivity contribution in [2.45, 2.75) is 30.5 Å². The Morgan fingerprint density at radius 1 is 1.03 bits per heavy atom. The fourth-order valence-electron chi connectivity index (χ4n) is 3.52. The average molecular weight is 512 g/mol. The summed E-state index contributed by atoms with van der Waals surface area (Å²) in [5.74, 6) is 0.801. The number of carbonyl (C=O) groups is 1. The molecule has 0 unspecified atom stereocenters. The van der Waals surface area contributed by atoms with E-state index in [0.717, 1.165) is 10.3 Å². The molecule has 2 aromatic heterocycles. The summed E-state index contributed by atoms with van der Waals surface area (Å²) in [6, 6.07) is 13.3. The molecule has 0 aliphatic carbocycles. The summed E-state index contributed by atoms with van der Waals surface area (Å²) in [5, 5.41) is -0.174. The summed E-state index contributed by atoms with van der Waals surface area (Å²) >= 11 is 1.30. The number of nitrogens with zero attached hydrogens (tertiary/aromatic N) is 3. The van der Waals surface area contributed by atoms with Crippen molar-refractivity contribution >= 4 is 42.4 Å². The van der Waals surface area contributed by atoms with Crippen molar-refractivity contribution in [2.24, 2.45) is 0 Å². The summed E-state index contributed by atoms with van der Waals surface area (Å²) in [4.78, 5) is 24.2. The Balaban J connectivity index is 1.84. The van der Waals surface area contributed by atoms with E-state index in [2.05, 4.69) is 4.98 Å². The molecule has 0 aliphatic heterocycles. The number of carbonyl (C=O) groups excluding carboxylic acids is 1. The van der Waals surface area contributed by atoms with Gasteiger partial charge in [0.15, 0.2) is 15.0 Å². The molecule has 0 bridgehead atoms. The zero-order chi connectivity index (χ0) is 25.2. The van der Waals surface area contributed by atoms with Crippen LogP contribution in [0.5, 0.6) is 11.5 Å². The number of sulfone groups is 1. The van der Waals surface area contributed by atoms with Crippen molar-refractivity contribution in [3.05, 3.63) is 72.1 Å². The molecule has 182 valence electrons. The summed E-state index contributed by atoms with van der Waals surface area (Å²) in [5.41, 5.74) is 1.67. The standard InChI is InChI=1S/C25H25N3O5S2/c1-16(2)35(30,31)19-7-5-6-18(14-19)24(29)28(15-17-10-12-26-13-11-17)25-27-22-20(32-3)8-9-21(33-4)23(22)34-25/h5-14,16H,15H2,1-4H3. The molecule has 0 N–H and O–H groups in total. The Bertz CT molecular complexity index is 1430. The molecule has 8 nitrogen and oxygen atoms in total. The van der Waals surface area contributed by atoms with Gasteiger partial charge in [-0.15, -0.1) is 0 Å². The quantitative estimate of drug-likeness (QED) is 0.337. The Labute approximate surface area is 208 Å². The van der Waals surface area contributed by atoms with Crippen LogP contribution in [-0.4, -0.2) is 43.8 Å². The van der Waals surface area contributed by atoms with Crippen molar-refractivity contribution in [1.29, 1.82) is 0 Å². The lowest BCUT2D eigenvalue weighted by molar-refractivity contribution is 0.0985. The van der Waals surface area contributed by atoms with Crippen LogP contribution in [-0.2, 0) is 16.4 Å². The van der Waals surface area contributed by atoms with E-state index in [9.17, 15) is 13.2 Å². The molecule has 0 fully saturated rings. The molecule has 4 rings (SSSR count). The molecule has 10 heteroatoms. The summed E-state index contributed by atoms with van der Waals surface area (Å²) in [6.07, 6.45) is 3.30. The lowest BCUT2D eigenvalue weighted by Gasteiger charge is -2.20. The molecular weight excluding hydrogens is 486 g/mol. The van der Waals surface area contributed by atoms with Crippen LogP contribution >= 0.6 is 11.3 Å². The van der Waals surface area contributed by atoms with E-state index in [0.29, 0.717) is 22.1 Å². The van der Waals surface area contributed by atoms with E-state index in [1.54, 1.807) is 64.7 Å². The number of pyridine rings is 1. The molecule has 0 atom stereocenters. The van der Waals surface area contributed by atoms with Gasteiger partial charge in [0.1, 0.15) is 21.7 Å². The highest BCUT2D eigenvalue weighted by atomic mass is 32.2. The third-order valence-corrected chi connectivity index (χ3v) is 8.74. The number of rotatable bonds is 8. The SMILES string of the molecule is COc1ccc(OC)c2sc(N(Cc3ccncc3)C(=O)c3cccc(S(=O)(=O)C(C)C)c3)nc12. The van der Waals surface area contributed by atoms with Crippen molar-refractivity contribution in [3.63, 3.8) is 0 Å². The van der Waals surface area contributed by atoms with Gasteiger partial charge in [-0.1, -0.05) is 17.4 Å². The normalized spacial score (nSPS) is 11.6. The lowest BCUT2D eigenvalue weighted by Crippen LogP contribution is -2.30. The number of thiazole rings is 1. The second-order valence-electron chi connectivity index (χ2n) is 8.01. The van der Waals surface area contributed by atoms with Crippen LogP contribution in [0.4, 0.5) is 5.13 Å². The highest BCUT2D eigenvalue weighted by Crippen LogP contribution is 2.40. The largest absolute Gasteiger partial charge is 0.495 e. The molecule has 1 amide bonds. The third kappa shape index (κ3) is 4.85.